The van der Waals surface area contributed by atoms with E-state index in [4.69, 9.17) is 4.74 Å². The van der Waals surface area contributed by atoms with E-state index in [2.05, 4.69) is 12.2 Å². The summed E-state index contributed by atoms with van der Waals surface area (Å²) in [5, 5.41) is 3.71. The van der Waals surface area contributed by atoms with E-state index in [1.54, 1.807) is 0 Å². The summed E-state index contributed by atoms with van der Waals surface area (Å²) in [6.07, 6.45) is 4.43. The van der Waals surface area contributed by atoms with Crippen LogP contribution < -0.4 is 5.32 Å². The molecule has 0 aromatic heterocycles. The second-order valence-corrected chi connectivity index (χ2v) is 6.51. The molecular weight excluding hydrogens is 264 g/mol. The summed E-state index contributed by atoms with van der Waals surface area (Å²) in [7, 11) is 0. The van der Waals surface area contributed by atoms with Gasteiger partial charge in [-0.3, -0.25) is 0 Å². The zero-order chi connectivity index (χ0) is 14.7. The lowest BCUT2D eigenvalue weighted by Gasteiger charge is -2.39. The van der Waals surface area contributed by atoms with Gasteiger partial charge in [0, 0.05) is 24.7 Å². The lowest BCUT2D eigenvalue weighted by Crippen LogP contribution is -2.53. The maximum absolute atomic E-state index is 12.1. The molecule has 1 heterocycles. The second kappa shape index (κ2) is 6.06. The highest BCUT2D eigenvalue weighted by Crippen LogP contribution is 2.28. The predicted octanol–water partition coefficient (Wildman–Crippen LogP) is 2.93. The molecule has 1 amide bonds. The first-order valence-electron chi connectivity index (χ1n) is 7.88. The molecular formula is C17H24N2O2. The van der Waals surface area contributed by atoms with Crippen molar-refractivity contribution in [2.45, 2.75) is 50.8 Å². The van der Waals surface area contributed by atoms with Crippen LogP contribution in [0.3, 0.4) is 0 Å². The average Bonchev–Trinajstić information content (AvgIpc) is 3.30. The Kier molecular flexibility index (Phi) is 4.15. The smallest absolute Gasteiger partial charge is 0.410 e. The van der Waals surface area contributed by atoms with Crippen molar-refractivity contribution in [3.05, 3.63) is 35.9 Å². The third-order valence-electron chi connectivity index (χ3n) is 4.46. The summed E-state index contributed by atoms with van der Waals surface area (Å²) < 4.78 is 5.40. The Labute approximate surface area is 126 Å². The zero-order valence-corrected chi connectivity index (χ0v) is 12.7. The van der Waals surface area contributed by atoms with Crippen molar-refractivity contribution < 1.29 is 9.53 Å². The van der Waals surface area contributed by atoms with Crippen LogP contribution in [0.4, 0.5) is 4.79 Å². The highest BCUT2D eigenvalue weighted by Gasteiger charge is 2.36. The van der Waals surface area contributed by atoms with E-state index in [0.717, 1.165) is 31.5 Å². The monoisotopic (exact) mass is 288 g/mol. The molecule has 1 aliphatic heterocycles. The summed E-state index contributed by atoms with van der Waals surface area (Å²) in [6, 6.07) is 10.5. The first-order valence-corrected chi connectivity index (χ1v) is 7.88. The Morgan fingerprint density at radius 2 is 1.95 bits per heavy atom. The topological polar surface area (TPSA) is 41.6 Å². The maximum Gasteiger partial charge on any atom is 0.410 e. The maximum atomic E-state index is 12.1. The van der Waals surface area contributed by atoms with Crippen molar-refractivity contribution in [3.63, 3.8) is 0 Å². The first-order chi connectivity index (χ1) is 10.1. The number of carbonyl (C=O) groups is 1. The van der Waals surface area contributed by atoms with E-state index in [1.165, 1.54) is 12.8 Å². The fourth-order valence-corrected chi connectivity index (χ4v) is 2.86. The number of hydrogen-bond acceptors (Lipinski definition) is 3. The van der Waals surface area contributed by atoms with Gasteiger partial charge in [-0.05, 0) is 38.2 Å². The summed E-state index contributed by atoms with van der Waals surface area (Å²) in [5.41, 5.74) is 1.22. The van der Waals surface area contributed by atoms with Gasteiger partial charge in [-0.25, -0.2) is 4.79 Å². The van der Waals surface area contributed by atoms with Gasteiger partial charge in [0.15, 0.2) is 0 Å². The Balaban J connectivity index is 1.44. The third kappa shape index (κ3) is 3.97. The van der Waals surface area contributed by atoms with Gasteiger partial charge in [0.05, 0.1) is 0 Å². The van der Waals surface area contributed by atoms with Crippen LogP contribution >= 0.6 is 0 Å². The van der Waals surface area contributed by atoms with Gasteiger partial charge < -0.3 is 15.0 Å². The molecule has 2 fully saturated rings. The Bertz CT molecular complexity index is 477. The minimum absolute atomic E-state index is 0.188. The number of nitrogens with zero attached hydrogens (tertiary/aromatic N) is 1. The minimum atomic E-state index is -0.188. The summed E-state index contributed by atoms with van der Waals surface area (Å²) >= 11 is 0. The molecule has 1 saturated carbocycles. The number of ether oxygens (including phenoxy) is 1. The van der Waals surface area contributed by atoms with Crippen LogP contribution in [0.25, 0.3) is 0 Å². The zero-order valence-electron chi connectivity index (χ0n) is 12.7. The number of benzene rings is 1. The van der Waals surface area contributed by atoms with Gasteiger partial charge in [0.25, 0.3) is 0 Å². The number of piperidine rings is 1. The number of nitrogens with one attached hydrogen (secondary N) is 1. The molecule has 1 aromatic carbocycles. The van der Waals surface area contributed by atoms with E-state index in [-0.39, 0.29) is 11.6 Å². The van der Waals surface area contributed by atoms with Crippen LogP contribution in [0, 0.1) is 0 Å². The van der Waals surface area contributed by atoms with Crippen molar-refractivity contribution in [2.75, 3.05) is 13.1 Å². The molecule has 4 heteroatoms. The lowest BCUT2D eigenvalue weighted by molar-refractivity contribution is 0.0749. The Morgan fingerprint density at radius 1 is 1.29 bits per heavy atom. The standard InChI is InChI=1S/C17H24N2O2/c1-17(18-15-7-8-15)9-11-19(12-10-17)16(20)21-13-14-5-3-2-4-6-14/h2-6,15,18H,7-13H2,1H3. The third-order valence-corrected chi connectivity index (χ3v) is 4.46. The molecule has 0 radical (unpaired) electrons. The fraction of sp³-hybridized carbons (Fsp3) is 0.588. The number of amides is 1. The van der Waals surface area contributed by atoms with Crippen LogP contribution in [0.15, 0.2) is 30.3 Å². The van der Waals surface area contributed by atoms with Gasteiger partial charge in [-0.2, -0.15) is 0 Å². The summed E-state index contributed by atoms with van der Waals surface area (Å²) in [6.45, 7) is 4.19. The minimum Gasteiger partial charge on any atom is -0.445 e. The highest BCUT2D eigenvalue weighted by molar-refractivity contribution is 5.67. The molecule has 114 valence electrons. The molecule has 0 atom stereocenters. The molecule has 0 unspecified atom stereocenters. The molecule has 0 bridgehead atoms. The molecule has 3 rings (SSSR count). The van der Waals surface area contributed by atoms with Crippen LogP contribution in [0.1, 0.15) is 38.2 Å². The SMILES string of the molecule is CC1(NC2CC2)CCN(C(=O)OCc2ccccc2)CC1. The molecule has 4 nitrogen and oxygen atoms in total. The van der Waals surface area contributed by atoms with Crippen molar-refractivity contribution in [1.82, 2.24) is 10.2 Å². The molecule has 2 aliphatic rings. The Hall–Kier alpha value is -1.55. The van der Waals surface area contributed by atoms with E-state index < -0.39 is 0 Å². The van der Waals surface area contributed by atoms with Gasteiger partial charge in [-0.15, -0.1) is 0 Å². The van der Waals surface area contributed by atoms with Crippen LogP contribution in [0.2, 0.25) is 0 Å². The molecule has 1 saturated heterocycles. The first kappa shape index (κ1) is 14.4. The van der Waals surface area contributed by atoms with Gasteiger partial charge in [-0.1, -0.05) is 30.3 Å². The number of likely N-dealkylation sites (tertiary alicyclic amines) is 1. The molecule has 0 spiro atoms. The van der Waals surface area contributed by atoms with Crippen molar-refractivity contribution >= 4 is 6.09 Å². The van der Waals surface area contributed by atoms with Crippen LogP contribution in [0.5, 0.6) is 0 Å². The molecule has 1 aromatic rings. The Morgan fingerprint density at radius 3 is 2.57 bits per heavy atom. The van der Waals surface area contributed by atoms with Gasteiger partial charge in [0.1, 0.15) is 6.61 Å². The number of hydrogen-bond donors (Lipinski definition) is 1. The van der Waals surface area contributed by atoms with Crippen LogP contribution in [-0.4, -0.2) is 35.7 Å². The van der Waals surface area contributed by atoms with E-state index in [1.807, 2.05) is 35.2 Å². The van der Waals surface area contributed by atoms with E-state index >= 15 is 0 Å². The van der Waals surface area contributed by atoms with Crippen molar-refractivity contribution in [3.8, 4) is 0 Å². The predicted molar refractivity (Wildman–Crippen MR) is 82.0 cm³/mol. The van der Waals surface area contributed by atoms with Gasteiger partial charge >= 0.3 is 6.09 Å². The molecule has 1 N–H and O–H groups in total. The molecule has 1 aliphatic carbocycles. The molecule has 21 heavy (non-hydrogen) atoms. The number of rotatable bonds is 4. The van der Waals surface area contributed by atoms with Crippen molar-refractivity contribution in [2.24, 2.45) is 0 Å². The average molecular weight is 288 g/mol. The van der Waals surface area contributed by atoms with Crippen LogP contribution in [-0.2, 0) is 11.3 Å². The second-order valence-electron chi connectivity index (χ2n) is 6.51. The largest absolute Gasteiger partial charge is 0.445 e. The highest BCUT2D eigenvalue weighted by atomic mass is 16.6. The quantitative estimate of drug-likeness (QED) is 0.926. The van der Waals surface area contributed by atoms with E-state index in [9.17, 15) is 4.79 Å². The summed E-state index contributed by atoms with van der Waals surface area (Å²) in [5.74, 6) is 0. The van der Waals surface area contributed by atoms with E-state index in [0.29, 0.717) is 12.6 Å². The van der Waals surface area contributed by atoms with Crippen molar-refractivity contribution in [1.29, 1.82) is 0 Å². The number of carbonyl (C=O) groups excluding carboxylic acids is 1. The van der Waals surface area contributed by atoms with Gasteiger partial charge in [0.2, 0.25) is 0 Å². The lowest BCUT2D eigenvalue weighted by atomic mass is 9.89. The normalized spacial score (nSPS) is 21.1. The fourth-order valence-electron chi connectivity index (χ4n) is 2.86. The summed E-state index contributed by atoms with van der Waals surface area (Å²) in [4.78, 5) is 13.9.